The van der Waals surface area contributed by atoms with E-state index in [4.69, 9.17) is 21.1 Å². The van der Waals surface area contributed by atoms with Crippen molar-refractivity contribution in [2.75, 3.05) is 13.2 Å². The van der Waals surface area contributed by atoms with E-state index in [9.17, 15) is 9.59 Å². The molecule has 1 fully saturated rings. The largest absolute Gasteiger partial charge is 0.490 e. The van der Waals surface area contributed by atoms with E-state index in [1.807, 2.05) is 37.3 Å². The van der Waals surface area contributed by atoms with Crippen LogP contribution < -0.4 is 20.3 Å². The highest BCUT2D eigenvalue weighted by Crippen LogP contribution is 2.49. The van der Waals surface area contributed by atoms with Crippen LogP contribution in [0.1, 0.15) is 24.8 Å². The quantitative estimate of drug-likeness (QED) is 0.715. The number of para-hydroxylation sites is 2. The van der Waals surface area contributed by atoms with E-state index in [2.05, 4.69) is 10.9 Å². The van der Waals surface area contributed by atoms with Gasteiger partial charge in [0.25, 0.3) is 5.91 Å². The Morgan fingerprint density at radius 2 is 1.70 bits per heavy atom. The first-order valence-electron chi connectivity index (χ1n) is 8.78. The molecule has 0 aromatic heterocycles. The predicted molar refractivity (Wildman–Crippen MR) is 102 cm³/mol. The molecule has 1 saturated carbocycles. The molecule has 0 heterocycles. The molecule has 142 valence electrons. The Kier molecular flexibility index (Phi) is 6.19. The summed E-state index contributed by atoms with van der Waals surface area (Å²) in [7, 11) is 0. The van der Waals surface area contributed by atoms with Gasteiger partial charge in [-0.15, -0.1) is 0 Å². The third-order valence-corrected chi connectivity index (χ3v) is 4.61. The smallest absolute Gasteiger partial charge is 0.276 e. The topological polar surface area (TPSA) is 76.7 Å². The van der Waals surface area contributed by atoms with E-state index in [1.54, 1.807) is 18.2 Å². The van der Waals surface area contributed by atoms with Gasteiger partial charge in [-0.25, -0.2) is 0 Å². The van der Waals surface area contributed by atoms with Crippen LogP contribution in [-0.4, -0.2) is 25.0 Å². The van der Waals surface area contributed by atoms with E-state index in [0.29, 0.717) is 29.5 Å². The molecule has 0 radical (unpaired) electrons. The van der Waals surface area contributed by atoms with E-state index < -0.39 is 5.91 Å². The number of hydrogen-bond donors (Lipinski definition) is 2. The number of hydrogen-bond acceptors (Lipinski definition) is 4. The normalized spacial score (nSPS) is 17.7. The Labute approximate surface area is 162 Å². The maximum absolute atomic E-state index is 12.2. The molecule has 1 aliphatic carbocycles. The average molecular weight is 389 g/mol. The lowest BCUT2D eigenvalue weighted by Gasteiger charge is -2.12. The lowest BCUT2D eigenvalue weighted by molar-refractivity contribution is -0.130. The van der Waals surface area contributed by atoms with Crippen LogP contribution in [-0.2, 0) is 9.59 Å². The number of hydrazine groups is 1. The number of amides is 2. The summed E-state index contributed by atoms with van der Waals surface area (Å²) in [6.45, 7) is 2.13. The van der Waals surface area contributed by atoms with Crippen LogP contribution in [0, 0.1) is 5.92 Å². The highest BCUT2D eigenvalue weighted by atomic mass is 35.5. The summed E-state index contributed by atoms with van der Waals surface area (Å²) in [5.74, 6) is 0.251. The fourth-order valence-electron chi connectivity index (χ4n) is 2.85. The molecule has 2 aromatic rings. The van der Waals surface area contributed by atoms with E-state index in [0.717, 1.165) is 5.56 Å². The second-order valence-electron chi connectivity index (χ2n) is 6.18. The highest BCUT2D eigenvalue weighted by Gasteiger charge is 2.44. The maximum Gasteiger partial charge on any atom is 0.276 e. The second-order valence-corrected chi connectivity index (χ2v) is 6.58. The zero-order valence-corrected chi connectivity index (χ0v) is 15.7. The van der Waals surface area contributed by atoms with Crippen molar-refractivity contribution in [3.63, 3.8) is 0 Å². The van der Waals surface area contributed by atoms with Gasteiger partial charge in [0.15, 0.2) is 18.1 Å². The average Bonchev–Trinajstić information content (AvgIpc) is 3.47. The van der Waals surface area contributed by atoms with Crippen LogP contribution in [0.25, 0.3) is 0 Å². The molecular formula is C20H21ClN2O4. The molecule has 6 nitrogen and oxygen atoms in total. The third kappa shape index (κ3) is 4.92. The summed E-state index contributed by atoms with van der Waals surface area (Å²) in [6, 6.07) is 14.6. The number of benzene rings is 2. The van der Waals surface area contributed by atoms with Gasteiger partial charge in [0.1, 0.15) is 0 Å². The lowest BCUT2D eigenvalue weighted by atomic mass is 10.1. The van der Waals surface area contributed by atoms with Crippen LogP contribution >= 0.6 is 11.6 Å². The monoisotopic (exact) mass is 388 g/mol. The highest BCUT2D eigenvalue weighted by molar-refractivity contribution is 6.31. The standard InChI is InChI=1S/C20H21ClN2O4/c1-2-26-17-9-5-6-10-18(17)27-12-19(24)22-23-20(25)15-11-14(15)13-7-3-4-8-16(13)21/h3-10,14-15H,2,11-12H2,1H3,(H,22,24)(H,23,25). The van der Waals surface area contributed by atoms with Gasteiger partial charge in [-0.3, -0.25) is 20.4 Å². The van der Waals surface area contributed by atoms with E-state index >= 15 is 0 Å². The van der Waals surface area contributed by atoms with E-state index in [-0.39, 0.29) is 24.3 Å². The van der Waals surface area contributed by atoms with Gasteiger partial charge < -0.3 is 9.47 Å². The van der Waals surface area contributed by atoms with Gasteiger partial charge in [0, 0.05) is 10.9 Å². The predicted octanol–water partition coefficient (Wildman–Crippen LogP) is 3.07. The first kappa shape index (κ1) is 19.0. The SMILES string of the molecule is CCOc1ccccc1OCC(=O)NNC(=O)C1CC1c1ccccc1Cl. The Morgan fingerprint density at radius 3 is 2.41 bits per heavy atom. The molecular weight excluding hydrogens is 368 g/mol. The molecule has 2 N–H and O–H groups in total. The third-order valence-electron chi connectivity index (χ3n) is 4.26. The zero-order valence-electron chi connectivity index (χ0n) is 14.9. The fraction of sp³-hybridized carbons (Fsp3) is 0.300. The van der Waals surface area contributed by atoms with Crippen LogP contribution in [0.5, 0.6) is 11.5 Å². The van der Waals surface area contributed by atoms with Crippen molar-refractivity contribution in [2.24, 2.45) is 5.92 Å². The molecule has 2 unspecified atom stereocenters. The molecule has 0 bridgehead atoms. The molecule has 1 aliphatic rings. The number of ether oxygens (including phenoxy) is 2. The summed E-state index contributed by atoms with van der Waals surface area (Å²) in [5.41, 5.74) is 5.78. The molecule has 7 heteroatoms. The molecule has 27 heavy (non-hydrogen) atoms. The van der Waals surface area contributed by atoms with Crippen LogP contribution in [0.15, 0.2) is 48.5 Å². The maximum atomic E-state index is 12.2. The Bertz CT molecular complexity index is 827. The van der Waals surface area contributed by atoms with Gasteiger partial charge in [-0.1, -0.05) is 41.9 Å². The molecule has 2 atom stereocenters. The summed E-state index contributed by atoms with van der Waals surface area (Å²) in [4.78, 5) is 24.1. The Hall–Kier alpha value is -2.73. The molecule has 2 aromatic carbocycles. The van der Waals surface area contributed by atoms with Crippen LogP contribution in [0.2, 0.25) is 5.02 Å². The molecule has 2 amide bonds. The number of rotatable bonds is 7. The zero-order chi connectivity index (χ0) is 19.2. The van der Waals surface area contributed by atoms with Gasteiger partial charge in [-0.2, -0.15) is 0 Å². The molecule has 0 aliphatic heterocycles. The number of halogens is 1. The van der Waals surface area contributed by atoms with Gasteiger partial charge in [-0.05, 0) is 43.0 Å². The van der Waals surface area contributed by atoms with Crippen molar-refractivity contribution >= 4 is 23.4 Å². The minimum atomic E-state index is -0.454. The van der Waals surface area contributed by atoms with Crippen molar-refractivity contribution in [1.82, 2.24) is 10.9 Å². The number of carbonyl (C=O) groups excluding carboxylic acids is 2. The number of nitrogens with one attached hydrogen (secondary N) is 2. The summed E-state index contributed by atoms with van der Waals surface area (Å²) >= 11 is 6.16. The van der Waals surface area contributed by atoms with Crippen molar-refractivity contribution in [3.8, 4) is 11.5 Å². The minimum Gasteiger partial charge on any atom is -0.490 e. The first-order chi connectivity index (χ1) is 13.1. The number of carbonyl (C=O) groups is 2. The molecule has 3 rings (SSSR count). The Morgan fingerprint density at radius 1 is 1.04 bits per heavy atom. The van der Waals surface area contributed by atoms with Crippen molar-refractivity contribution in [1.29, 1.82) is 0 Å². The summed E-state index contributed by atoms with van der Waals surface area (Å²) < 4.78 is 10.9. The second kappa shape index (κ2) is 8.77. The minimum absolute atomic E-state index is 0.0879. The van der Waals surface area contributed by atoms with Gasteiger partial charge in [0.05, 0.1) is 6.61 Å². The van der Waals surface area contributed by atoms with Gasteiger partial charge >= 0.3 is 0 Å². The fourth-order valence-corrected chi connectivity index (χ4v) is 3.13. The van der Waals surface area contributed by atoms with Crippen molar-refractivity contribution in [2.45, 2.75) is 19.3 Å². The molecule has 0 saturated heterocycles. The van der Waals surface area contributed by atoms with Crippen molar-refractivity contribution in [3.05, 3.63) is 59.1 Å². The summed E-state index contributed by atoms with van der Waals surface area (Å²) in [6.07, 6.45) is 0.712. The first-order valence-corrected chi connectivity index (χ1v) is 9.15. The van der Waals surface area contributed by atoms with Crippen molar-refractivity contribution < 1.29 is 19.1 Å². The molecule has 0 spiro atoms. The van der Waals surface area contributed by atoms with Crippen LogP contribution in [0.3, 0.4) is 0 Å². The van der Waals surface area contributed by atoms with Crippen LogP contribution in [0.4, 0.5) is 0 Å². The summed E-state index contributed by atoms with van der Waals surface area (Å²) in [5, 5.41) is 0.656. The lowest BCUT2D eigenvalue weighted by Crippen LogP contribution is -2.44. The Balaban J connectivity index is 1.44. The van der Waals surface area contributed by atoms with Gasteiger partial charge in [0.2, 0.25) is 5.91 Å². The van der Waals surface area contributed by atoms with E-state index in [1.165, 1.54) is 0 Å².